The Balaban J connectivity index is 2.18. The van der Waals surface area contributed by atoms with Gasteiger partial charge in [-0.2, -0.15) is 0 Å². The SMILES string of the molecule is CC(=O)CC1CCc2cccc(C)c2C1. The highest BCUT2D eigenvalue weighted by molar-refractivity contribution is 5.75. The molecule has 1 heteroatoms. The van der Waals surface area contributed by atoms with Crippen LogP contribution >= 0.6 is 0 Å². The molecule has 2 rings (SSSR count). The molecule has 1 unspecified atom stereocenters. The highest BCUT2D eigenvalue weighted by Gasteiger charge is 2.20. The monoisotopic (exact) mass is 202 g/mol. The first-order valence-corrected chi connectivity index (χ1v) is 5.73. The third-order valence-electron chi connectivity index (χ3n) is 3.40. The van der Waals surface area contributed by atoms with Crippen molar-refractivity contribution >= 4 is 5.78 Å². The Morgan fingerprint density at radius 2 is 2.27 bits per heavy atom. The molecule has 80 valence electrons. The molecule has 0 saturated heterocycles. The van der Waals surface area contributed by atoms with Crippen LogP contribution in [0.25, 0.3) is 0 Å². The van der Waals surface area contributed by atoms with Crippen molar-refractivity contribution in [2.24, 2.45) is 5.92 Å². The molecule has 0 aliphatic heterocycles. The summed E-state index contributed by atoms with van der Waals surface area (Å²) in [6, 6.07) is 6.54. The van der Waals surface area contributed by atoms with E-state index in [-0.39, 0.29) is 0 Å². The van der Waals surface area contributed by atoms with Crippen molar-refractivity contribution in [2.75, 3.05) is 0 Å². The quantitative estimate of drug-likeness (QED) is 0.720. The predicted molar refractivity (Wildman–Crippen MR) is 62.0 cm³/mol. The van der Waals surface area contributed by atoms with Crippen molar-refractivity contribution in [2.45, 2.75) is 39.5 Å². The van der Waals surface area contributed by atoms with Crippen LogP contribution < -0.4 is 0 Å². The summed E-state index contributed by atoms with van der Waals surface area (Å²) in [5, 5.41) is 0. The number of hydrogen-bond donors (Lipinski definition) is 0. The second-order valence-electron chi connectivity index (χ2n) is 4.73. The smallest absolute Gasteiger partial charge is 0.130 e. The van der Waals surface area contributed by atoms with Crippen molar-refractivity contribution < 1.29 is 4.79 Å². The Kier molecular flexibility index (Phi) is 2.90. The molecule has 0 heterocycles. The fraction of sp³-hybridized carbons (Fsp3) is 0.500. The normalized spacial score (nSPS) is 19.7. The summed E-state index contributed by atoms with van der Waals surface area (Å²) < 4.78 is 0. The average Bonchev–Trinajstić information content (AvgIpc) is 2.18. The highest BCUT2D eigenvalue weighted by atomic mass is 16.1. The van der Waals surface area contributed by atoms with E-state index in [9.17, 15) is 4.79 Å². The van der Waals surface area contributed by atoms with Gasteiger partial charge in [-0.15, -0.1) is 0 Å². The van der Waals surface area contributed by atoms with E-state index in [0.717, 1.165) is 19.3 Å². The number of hydrogen-bond acceptors (Lipinski definition) is 1. The van der Waals surface area contributed by atoms with Gasteiger partial charge < -0.3 is 4.79 Å². The van der Waals surface area contributed by atoms with Crippen LogP contribution in [0.15, 0.2) is 18.2 Å². The number of benzene rings is 1. The fourth-order valence-corrected chi connectivity index (χ4v) is 2.62. The number of aryl methyl sites for hydroxylation is 2. The molecule has 0 saturated carbocycles. The second kappa shape index (κ2) is 4.18. The van der Waals surface area contributed by atoms with Crippen molar-refractivity contribution in [3.63, 3.8) is 0 Å². The third-order valence-corrected chi connectivity index (χ3v) is 3.40. The Labute approximate surface area is 91.5 Å². The largest absolute Gasteiger partial charge is 0.300 e. The van der Waals surface area contributed by atoms with E-state index < -0.39 is 0 Å². The van der Waals surface area contributed by atoms with Crippen LogP contribution in [0.2, 0.25) is 0 Å². The highest BCUT2D eigenvalue weighted by Crippen LogP contribution is 2.29. The lowest BCUT2D eigenvalue weighted by Gasteiger charge is -2.25. The van der Waals surface area contributed by atoms with Crippen LogP contribution in [0.1, 0.15) is 36.5 Å². The van der Waals surface area contributed by atoms with Crippen LogP contribution in [0.4, 0.5) is 0 Å². The van der Waals surface area contributed by atoms with Gasteiger partial charge in [-0.05, 0) is 55.7 Å². The zero-order chi connectivity index (χ0) is 10.8. The van der Waals surface area contributed by atoms with Gasteiger partial charge in [0.05, 0.1) is 0 Å². The molecule has 1 aliphatic carbocycles. The number of carbonyl (C=O) groups is 1. The maximum absolute atomic E-state index is 11.1. The first-order valence-electron chi connectivity index (χ1n) is 5.73. The van der Waals surface area contributed by atoms with E-state index in [1.165, 1.54) is 23.1 Å². The van der Waals surface area contributed by atoms with Gasteiger partial charge in [0.25, 0.3) is 0 Å². The predicted octanol–water partition coefficient (Wildman–Crippen LogP) is 3.08. The molecule has 0 bridgehead atoms. The summed E-state index contributed by atoms with van der Waals surface area (Å²) in [4.78, 5) is 11.1. The van der Waals surface area contributed by atoms with Crippen molar-refractivity contribution in [1.82, 2.24) is 0 Å². The van der Waals surface area contributed by atoms with Crippen LogP contribution in [-0.2, 0) is 17.6 Å². The van der Waals surface area contributed by atoms with E-state index in [2.05, 4.69) is 25.1 Å². The zero-order valence-corrected chi connectivity index (χ0v) is 9.55. The molecule has 1 nitrogen and oxygen atoms in total. The van der Waals surface area contributed by atoms with Crippen LogP contribution in [0.5, 0.6) is 0 Å². The minimum Gasteiger partial charge on any atom is -0.300 e. The third kappa shape index (κ3) is 2.28. The van der Waals surface area contributed by atoms with Gasteiger partial charge in [0.15, 0.2) is 0 Å². The summed E-state index contributed by atoms with van der Waals surface area (Å²) >= 11 is 0. The Morgan fingerprint density at radius 3 is 3.00 bits per heavy atom. The molecule has 1 aromatic rings. The molecule has 0 fully saturated rings. The molecule has 15 heavy (non-hydrogen) atoms. The zero-order valence-electron chi connectivity index (χ0n) is 9.55. The first-order chi connectivity index (χ1) is 7.16. The van der Waals surface area contributed by atoms with Crippen molar-refractivity contribution in [3.8, 4) is 0 Å². The Bertz CT molecular complexity index is 379. The maximum atomic E-state index is 11.1. The number of ketones is 1. The van der Waals surface area contributed by atoms with E-state index in [0.29, 0.717) is 11.7 Å². The molecule has 0 N–H and O–H groups in total. The summed E-state index contributed by atoms with van der Waals surface area (Å²) in [5.41, 5.74) is 4.38. The minimum absolute atomic E-state index is 0.331. The lowest BCUT2D eigenvalue weighted by Crippen LogP contribution is -2.17. The van der Waals surface area contributed by atoms with E-state index in [1.54, 1.807) is 6.92 Å². The second-order valence-corrected chi connectivity index (χ2v) is 4.73. The van der Waals surface area contributed by atoms with Gasteiger partial charge in [0, 0.05) is 6.42 Å². The van der Waals surface area contributed by atoms with Gasteiger partial charge in [-0.1, -0.05) is 18.2 Å². The molecule has 1 aliphatic rings. The molecule has 1 aromatic carbocycles. The van der Waals surface area contributed by atoms with Gasteiger partial charge in [-0.3, -0.25) is 0 Å². The maximum Gasteiger partial charge on any atom is 0.130 e. The summed E-state index contributed by atoms with van der Waals surface area (Å²) in [6.45, 7) is 3.88. The summed E-state index contributed by atoms with van der Waals surface area (Å²) in [5.74, 6) is 0.910. The molecule has 0 spiro atoms. The Hall–Kier alpha value is -1.11. The topological polar surface area (TPSA) is 17.1 Å². The number of Topliss-reactive ketones (excluding diaryl/α,β-unsaturated/α-hetero) is 1. The van der Waals surface area contributed by atoms with Crippen LogP contribution in [0, 0.1) is 12.8 Å². The number of fused-ring (bicyclic) bond motifs is 1. The van der Waals surface area contributed by atoms with E-state index >= 15 is 0 Å². The first kappa shape index (κ1) is 10.4. The molecule has 0 radical (unpaired) electrons. The van der Waals surface area contributed by atoms with Gasteiger partial charge in [0.2, 0.25) is 0 Å². The molecule has 1 atom stereocenters. The lowest BCUT2D eigenvalue weighted by molar-refractivity contribution is -0.117. The summed E-state index contributed by atoms with van der Waals surface area (Å²) in [6.07, 6.45) is 4.18. The molecule has 0 amide bonds. The van der Waals surface area contributed by atoms with Gasteiger partial charge in [-0.25, -0.2) is 0 Å². The lowest BCUT2D eigenvalue weighted by atomic mass is 9.80. The van der Waals surface area contributed by atoms with Crippen LogP contribution in [-0.4, -0.2) is 5.78 Å². The molecule has 0 aromatic heterocycles. The Morgan fingerprint density at radius 1 is 1.47 bits per heavy atom. The fourth-order valence-electron chi connectivity index (χ4n) is 2.62. The summed E-state index contributed by atoms with van der Waals surface area (Å²) in [7, 11) is 0. The average molecular weight is 202 g/mol. The number of carbonyl (C=O) groups excluding carboxylic acids is 1. The van der Waals surface area contributed by atoms with E-state index in [1.807, 2.05) is 0 Å². The van der Waals surface area contributed by atoms with E-state index in [4.69, 9.17) is 0 Å². The van der Waals surface area contributed by atoms with Gasteiger partial charge in [0.1, 0.15) is 5.78 Å². The van der Waals surface area contributed by atoms with Crippen LogP contribution in [0.3, 0.4) is 0 Å². The number of rotatable bonds is 2. The standard InChI is InChI=1S/C14H18O/c1-10-4-3-5-13-7-6-12(8-11(2)15)9-14(10)13/h3-5,12H,6-9H2,1-2H3. The molecular formula is C14H18O. The van der Waals surface area contributed by atoms with Crippen molar-refractivity contribution in [3.05, 3.63) is 34.9 Å². The minimum atomic E-state index is 0.331. The van der Waals surface area contributed by atoms with Gasteiger partial charge >= 0.3 is 0 Å². The molecular weight excluding hydrogens is 184 g/mol. The van der Waals surface area contributed by atoms with Crippen molar-refractivity contribution in [1.29, 1.82) is 0 Å².